The molecule has 24 heavy (non-hydrogen) atoms. The predicted octanol–water partition coefficient (Wildman–Crippen LogP) is 3.12. The molecular weight excluding hydrogens is 311 g/mol. The number of rotatable bonds is 6. The summed E-state index contributed by atoms with van der Waals surface area (Å²) >= 11 is 0. The first-order valence-electron chi connectivity index (χ1n) is 7.36. The van der Waals surface area contributed by atoms with Crippen molar-refractivity contribution in [3.63, 3.8) is 0 Å². The number of nitrogens with one attached hydrogen (secondary N) is 1. The van der Waals surface area contributed by atoms with Crippen molar-refractivity contribution >= 4 is 28.1 Å². The molecular formula is C17H17FN4O2. The number of nitrogen functional groups attached to an aromatic ring is 1. The van der Waals surface area contributed by atoms with Crippen LogP contribution in [0.25, 0.3) is 10.9 Å². The molecule has 124 valence electrons. The number of aromatic nitrogens is 2. The van der Waals surface area contributed by atoms with Crippen LogP contribution in [0.1, 0.15) is 0 Å². The summed E-state index contributed by atoms with van der Waals surface area (Å²) in [5, 5.41) is 3.35. The summed E-state index contributed by atoms with van der Waals surface area (Å²) in [6.07, 6.45) is 1.38. The number of hydrogen-bond acceptors (Lipinski definition) is 6. The summed E-state index contributed by atoms with van der Waals surface area (Å²) in [5.41, 5.74) is 7.55. The molecule has 1 heterocycles. The van der Waals surface area contributed by atoms with E-state index in [1.807, 2.05) is 0 Å². The molecule has 7 heteroatoms. The predicted molar refractivity (Wildman–Crippen MR) is 91.0 cm³/mol. The largest absolute Gasteiger partial charge is 0.488 e. The van der Waals surface area contributed by atoms with Crippen LogP contribution in [-0.4, -0.2) is 30.3 Å². The average molecular weight is 328 g/mol. The Hall–Kier alpha value is -2.93. The fraction of sp³-hybridized carbons (Fsp3) is 0.176. The summed E-state index contributed by atoms with van der Waals surface area (Å²) < 4.78 is 25.1. The minimum Gasteiger partial charge on any atom is -0.488 e. The van der Waals surface area contributed by atoms with Crippen LogP contribution in [0.5, 0.6) is 5.75 Å². The second-order valence-electron chi connectivity index (χ2n) is 5.08. The molecule has 0 unspecified atom stereocenters. The fourth-order valence-corrected chi connectivity index (χ4v) is 2.24. The van der Waals surface area contributed by atoms with E-state index in [-0.39, 0.29) is 17.7 Å². The fourth-order valence-electron chi connectivity index (χ4n) is 2.24. The topological polar surface area (TPSA) is 82.3 Å². The third-order valence-electron chi connectivity index (χ3n) is 3.42. The van der Waals surface area contributed by atoms with Crippen molar-refractivity contribution in [1.29, 1.82) is 0 Å². The minimum absolute atomic E-state index is 0.134. The second-order valence-corrected chi connectivity index (χ2v) is 5.08. The van der Waals surface area contributed by atoms with E-state index in [0.29, 0.717) is 23.6 Å². The zero-order valence-electron chi connectivity index (χ0n) is 13.1. The first kappa shape index (κ1) is 15.9. The van der Waals surface area contributed by atoms with Gasteiger partial charge in [0.1, 0.15) is 18.8 Å². The van der Waals surface area contributed by atoms with E-state index in [9.17, 15) is 4.39 Å². The van der Waals surface area contributed by atoms with Crippen LogP contribution in [0, 0.1) is 5.82 Å². The van der Waals surface area contributed by atoms with Gasteiger partial charge in [0.15, 0.2) is 11.6 Å². The van der Waals surface area contributed by atoms with Gasteiger partial charge >= 0.3 is 0 Å². The van der Waals surface area contributed by atoms with Gasteiger partial charge < -0.3 is 20.5 Å². The SMILES string of the molecule is COCCOc1ccc2ncnc(Nc3ccc(N)cc3)c2c1F. The Morgan fingerprint density at radius 1 is 1.08 bits per heavy atom. The van der Waals surface area contributed by atoms with Gasteiger partial charge in [-0.25, -0.2) is 14.4 Å². The van der Waals surface area contributed by atoms with E-state index in [2.05, 4.69) is 15.3 Å². The maximum atomic E-state index is 14.8. The van der Waals surface area contributed by atoms with Gasteiger partial charge in [-0.2, -0.15) is 0 Å². The third kappa shape index (κ3) is 3.36. The number of benzene rings is 2. The van der Waals surface area contributed by atoms with Gasteiger partial charge in [-0.15, -0.1) is 0 Å². The molecule has 0 saturated heterocycles. The number of nitrogens with two attached hydrogens (primary N) is 1. The molecule has 0 radical (unpaired) electrons. The Morgan fingerprint density at radius 2 is 1.88 bits per heavy atom. The Bertz CT molecular complexity index is 840. The molecule has 3 N–H and O–H groups in total. The molecule has 1 aromatic heterocycles. The average Bonchev–Trinajstić information content (AvgIpc) is 2.59. The number of anilines is 3. The molecule has 0 saturated carbocycles. The van der Waals surface area contributed by atoms with Gasteiger partial charge in [0.25, 0.3) is 0 Å². The number of fused-ring (bicyclic) bond motifs is 1. The van der Waals surface area contributed by atoms with Crippen LogP contribution >= 0.6 is 0 Å². The molecule has 0 amide bonds. The first-order chi connectivity index (χ1) is 11.7. The Kier molecular flexibility index (Phi) is 4.72. The molecule has 6 nitrogen and oxygen atoms in total. The Balaban J connectivity index is 1.97. The van der Waals surface area contributed by atoms with Crippen molar-refractivity contribution in [2.45, 2.75) is 0 Å². The summed E-state index contributed by atoms with van der Waals surface area (Å²) in [6, 6.07) is 10.3. The highest BCUT2D eigenvalue weighted by molar-refractivity contribution is 5.92. The van der Waals surface area contributed by atoms with E-state index in [0.717, 1.165) is 5.69 Å². The number of ether oxygens (including phenoxy) is 2. The van der Waals surface area contributed by atoms with Crippen LogP contribution in [0.2, 0.25) is 0 Å². The van der Waals surface area contributed by atoms with Crippen LogP contribution in [0.15, 0.2) is 42.7 Å². The molecule has 2 aromatic carbocycles. The smallest absolute Gasteiger partial charge is 0.178 e. The summed E-state index contributed by atoms with van der Waals surface area (Å²) in [5.74, 6) is -0.0173. The summed E-state index contributed by atoms with van der Waals surface area (Å²) in [4.78, 5) is 8.25. The molecule has 3 aromatic rings. The lowest BCUT2D eigenvalue weighted by Gasteiger charge is -2.12. The molecule has 0 spiro atoms. The van der Waals surface area contributed by atoms with Crippen molar-refractivity contribution in [3.8, 4) is 5.75 Å². The van der Waals surface area contributed by atoms with Crippen molar-refractivity contribution in [2.75, 3.05) is 31.4 Å². The standard InChI is InChI=1S/C17H17FN4O2/c1-23-8-9-24-14-7-6-13-15(16(14)18)17(21-10-20-13)22-12-4-2-11(19)3-5-12/h2-7,10H,8-9,19H2,1H3,(H,20,21,22). The maximum Gasteiger partial charge on any atom is 0.178 e. The number of hydrogen-bond donors (Lipinski definition) is 2. The normalized spacial score (nSPS) is 10.8. The highest BCUT2D eigenvalue weighted by Gasteiger charge is 2.14. The van der Waals surface area contributed by atoms with Crippen molar-refractivity contribution in [3.05, 3.63) is 48.5 Å². The molecule has 0 fully saturated rings. The van der Waals surface area contributed by atoms with E-state index in [1.165, 1.54) is 6.33 Å². The summed E-state index contributed by atoms with van der Waals surface area (Å²) in [6.45, 7) is 0.632. The van der Waals surface area contributed by atoms with Crippen molar-refractivity contribution < 1.29 is 13.9 Å². The van der Waals surface area contributed by atoms with Gasteiger partial charge in [-0.05, 0) is 36.4 Å². The third-order valence-corrected chi connectivity index (χ3v) is 3.42. The number of nitrogens with zero attached hydrogens (tertiary/aromatic N) is 2. The Morgan fingerprint density at radius 3 is 2.62 bits per heavy atom. The van der Waals surface area contributed by atoms with Crippen molar-refractivity contribution in [2.24, 2.45) is 0 Å². The van der Waals surface area contributed by atoms with E-state index < -0.39 is 5.82 Å². The van der Waals surface area contributed by atoms with Gasteiger partial charge in [-0.3, -0.25) is 0 Å². The Labute approximate surface area is 138 Å². The highest BCUT2D eigenvalue weighted by Crippen LogP contribution is 2.31. The molecule has 0 aliphatic carbocycles. The van der Waals surface area contributed by atoms with E-state index >= 15 is 0 Å². The summed E-state index contributed by atoms with van der Waals surface area (Å²) in [7, 11) is 1.56. The van der Waals surface area contributed by atoms with Crippen LogP contribution in [0.4, 0.5) is 21.6 Å². The van der Waals surface area contributed by atoms with Gasteiger partial charge in [0, 0.05) is 18.5 Å². The maximum absolute atomic E-state index is 14.8. The van der Waals surface area contributed by atoms with Gasteiger partial charge in [-0.1, -0.05) is 0 Å². The van der Waals surface area contributed by atoms with E-state index in [1.54, 1.807) is 43.5 Å². The molecule has 0 bridgehead atoms. The molecule has 0 aliphatic rings. The second kappa shape index (κ2) is 7.10. The van der Waals surface area contributed by atoms with Crippen molar-refractivity contribution in [1.82, 2.24) is 9.97 Å². The first-order valence-corrected chi connectivity index (χ1v) is 7.36. The molecule has 0 aliphatic heterocycles. The monoisotopic (exact) mass is 328 g/mol. The van der Waals surface area contributed by atoms with Gasteiger partial charge in [0.05, 0.1) is 17.5 Å². The minimum atomic E-state index is -0.512. The number of methoxy groups -OCH3 is 1. The zero-order chi connectivity index (χ0) is 16.9. The molecule has 3 rings (SSSR count). The van der Waals surface area contributed by atoms with Crippen LogP contribution < -0.4 is 15.8 Å². The quantitative estimate of drug-likeness (QED) is 0.534. The van der Waals surface area contributed by atoms with Crippen LogP contribution in [0.3, 0.4) is 0 Å². The van der Waals surface area contributed by atoms with E-state index in [4.69, 9.17) is 15.2 Å². The lowest BCUT2D eigenvalue weighted by molar-refractivity contribution is 0.144. The lowest BCUT2D eigenvalue weighted by atomic mass is 10.2. The lowest BCUT2D eigenvalue weighted by Crippen LogP contribution is -2.06. The van der Waals surface area contributed by atoms with Gasteiger partial charge in [0.2, 0.25) is 0 Å². The highest BCUT2D eigenvalue weighted by atomic mass is 19.1. The zero-order valence-corrected chi connectivity index (χ0v) is 13.1. The van der Waals surface area contributed by atoms with Crippen LogP contribution in [-0.2, 0) is 4.74 Å². The number of halogens is 1. The molecule has 0 atom stereocenters.